The third-order valence-electron chi connectivity index (χ3n) is 2.07. The van der Waals surface area contributed by atoms with E-state index in [1.165, 1.54) is 5.57 Å². The third kappa shape index (κ3) is 4.63. The first-order chi connectivity index (χ1) is 5.99. The first-order valence-electron chi connectivity index (χ1n) is 4.49. The summed E-state index contributed by atoms with van der Waals surface area (Å²) < 4.78 is 0. The molecule has 13 heavy (non-hydrogen) atoms. The second-order valence-electron chi connectivity index (χ2n) is 3.40. The van der Waals surface area contributed by atoms with Crippen molar-refractivity contribution >= 4 is 5.71 Å². The van der Waals surface area contributed by atoms with Crippen LogP contribution in [0.3, 0.4) is 0 Å². The summed E-state index contributed by atoms with van der Waals surface area (Å²) in [4.78, 5) is 6.60. The highest BCUT2D eigenvalue weighted by molar-refractivity contribution is 5.97. The summed E-state index contributed by atoms with van der Waals surface area (Å²) in [5.74, 6) is 0. The molecule has 0 aromatic heterocycles. The van der Waals surface area contributed by atoms with Gasteiger partial charge in [-0.15, -0.1) is 0 Å². The van der Waals surface area contributed by atoms with E-state index in [1.807, 2.05) is 34.0 Å². The zero-order valence-electron chi connectivity index (χ0n) is 9.33. The molecule has 0 N–H and O–H groups in total. The van der Waals surface area contributed by atoms with Crippen molar-refractivity contribution in [2.45, 2.75) is 26.9 Å². The maximum atomic E-state index is 4.52. The predicted octanol–water partition coefficient (Wildman–Crippen LogP) is 2.49. The lowest BCUT2D eigenvalue weighted by Gasteiger charge is -2.16. The molecular formula is C11H20N2. The van der Waals surface area contributed by atoms with Crippen molar-refractivity contribution in [3.05, 3.63) is 24.3 Å². The molecule has 0 heterocycles. The monoisotopic (exact) mass is 180 g/mol. The fraction of sp³-hybridized carbons (Fsp3) is 0.545. The van der Waals surface area contributed by atoms with Gasteiger partial charge >= 0.3 is 0 Å². The molecule has 0 bridgehead atoms. The van der Waals surface area contributed by atoms with E-state index in [0.717, 1.165) is 5.71 Å². The Kier molecular flexibility index (Phi) is 5.31. The second kappa shape index (κ2) is 5.70. The molecule has 0 aromatic carbocycles. The molecule has 0 rings (SSSR count). The van der Waals surface area contributed by atoms with E-state index < -0.39 is 0 Å². The molecule has 0 aliphatic carbocycles. The lowest BCUT2D eigenvalue weighted by atomic mass is 10.2. The number of hydrogen-bond acceptors (Lipinski definition) is 2. The highest BCUT2D eigenvalue weighted by Gasteiger charge is 2.02. The van der Waals surface area contributed by atoms with E-state index in [9.17, 15) is 0 Å². The molecule has 0 radical (unpaired) electrons. The van der Waals surface area contributed by atoms with Crippen LogP contribution in [-0.2, 0) is 0 Å². The van der Waals surface area contributed by atoms with Gasteiger partial charge in [-0.3, -0.25) is 9.89 Å². The summed E-state index contributed by atoms with van der Waals surface area (Å²) in [6.45, 7) is 9.80. The standard InChI is InChI=1S/C11H20N2/c1-7-8-9(2)10(3)12-11(4)13(5)6/h7-8,11H,1H2,2-6H3/b9-8-,12-10?. The Bertz CT molecular complexity index is 224. The average molecular weight is 180 g/mol. The van der Waals surface area contributed by atoms with Gasteiger partial charge in [-0.05, 0) is 40.4 Å². The van der Waals surface area contributed by atoms with Crippen LogP contribution in [0.2, 0.25) is 0 Å². The van der Waals surface area contributed by atoms with Gasteiger partial charge in [0.2, 0.25) is 0 Å². The third-order valence-corrected chi connectivity index (χ3v) is 2.07. The molecule has 0 saturated carbocycles. The molecule has 0 amide bonds. The molecule has 0 aliphatic rings. The highest BCUT2D eigenvalue weighted by atomic mass is 15.2. The minimum Gasteiger partial charge on any atom is -0.288 e. The zero-order valence-corrected chi connectivity index (χ0v) is 9.33. The van der Waals surface area contributed by atoms with E-state index >= 15 is 0 Å². The second-order valence-corrected chi connectivity index (χ2v) is 3.40. The molecule has 74 valence electrons. The summed E-state index contributed by atoms with van der Waals surface area (Å²) in [6.07, 6.45) is 3.99. The summed E-state index contributed by atoms with van der Waals surface area (Å²) in [7, 11) is 4.04. The Morgan fingerprint density at radius 1 is 1.38 bits per heavy atom. The van der Waals surface area contributed by atoms with Crippen LogP contribution in [-0.4, -0.2) is 30.9 Å². The molecule has 0 spiro atoms. The van der Waals surface area contributed by atoms with Gasteiger partial charge in [-0.1, -0.05) is 18.7 Å². The van der Waals surface area contributed by atoms with Crippen LogP contribution in [0, 0.1) is 0 Å². The highest BCUT2D eigenvalue weighted by Crippen LogP contribution is 2.01. The van der Waals surface area contributed by atoms with Gasteiger partial charge < -0.3 is 0 Å². The van der Waals surface area contributed by atoms with E-state index in [2.05, 4.69) is 23.4 Å². The Morgan fingerprint density at radius 3 is 2.31 bits per heavy atom. The van der Waals surface area contributed by atoms with Crippen LogP contribution in [0.5, 0.6) is 0 Å². The van der Waals surface area contributed by atoms with E-state index in [0.29, 0.717) is 0 Å². The predicted molar refractivity (Wildman–Crippen MR) is 60.2 cm³/mol. The fourth-order valence-corrected chi connectivity index (χ4v) is 0.795. The molecule has 0 fully saturated rings. The van der Waals surface area contributed by atoms with Gasteiger partial charge in [0.25, 0.3) is 0 Å². The number of rotatable bonds is 4. The average Bonchev–Trinajstić information content (AvgIpc) is 2.04. The largest absolute Gasteiger partial charge is 0.288 e. The first kappa shape index (κ1) is 12.1. The minimum atomic E-state index is 0.230. The van der Waals surface area contributed by atoms with Gasteiger partial charge in [0.15, 0.2) is 0 Å². The van der Waals surface area contributed by atoms with Crippen molar-refractivity contribution in [2.24, 2.45) is 4.99 Å². The van der Waals surface area contributed by atoms with Crippen molar-refractivity contribution in [2.75, 3.05) is 14.1 Å². The Hall–Kier alpha value is -0.890. The topological polar surface area (TPSA) is 15.6 Å². The number of nitrogens with zero attached hydrogens (tertiary/aromatic N) is 2. The van der Waals surface area contributed by atoms with Gasteiger partial charge in [-0.2, -0.15) is 0 Å². The van der Waals surface area contributed by atoms with Gasteiger partial charge in [0.05, 0.1) is 6.17 Å². The first-order valence-corrected chi connectivity index (χ1v) is 4.49. The molecule has 2 heteroatoms. The molecule has 2 nitrogen and oxygen atoms in total. The van der Waals surface area contributed by atoms with Crippen molar-refractivity contribution in [1.82, 2.24) is 4.90 Å². The van der Waals surface area contributed by atoms with Crippen LogP contribution in [0.4, 0.5) is 0 Å². The molecular weight excluding hydrogens is 160 g/mol. The van der Waals surface area contributed by atoms with Crippen LogP contribution in [0.1, 0.15) is 20.8 Å². The van der Waals surface area contributed by atoms with Crippen molar-refractivity contribution in [3.8, 4) is 0 Å². The molecule has 0 aromatic rings. The van der Waals surface area contributed by atoms with Crippen LogP contribution < -0.4 is 0 Å². The van der Waals surface area contributed by atoms with Crippen LogP contribution >= 0.6 is 0 Å². The molecule has 0 aliphatic heterocycles. The zero-order chi connectivity index (χ0) is 10.4. The van der Waals surface area contributed by atoms with E-state index in [4.69, 9.17) is 0 Å². The Labute approximate surface area is 81.7 Å². The summed E-state index contributed by atoms with van der Waals surface area (Å²) in [6, 6.07) is 0. The van der Waals surface area contributed by atoms with Crippen molar-refractivity contribution in [1.29, 1.82) is 0 Å². The van der Waals surface area contributed by atoms with Crippen molar-refractivity contribution < 1.29 is 0 Å². The number of aliphatic imine (C=N–C) groups is 1. The quantitative estimate of drug-likeness (QED) is 0.479. The SMILES string of the molecule is C=C/C=C(/C)C(C)=NC(C)N(C)C. The fourth-order valence-electron chi connectivity index (χ4n) is 0.795. The Balaban J connectivity index is 4.48. The molecule has 1 unspecified atom stereocenters. The minimum absolute atomic E-state index is 0.230. The summed E-state index contributed by atoms with van der Waals surface area (Å²) in [5.41, 5.74) is 2.24. The molecule has 1 atom stereocenters. The lowest BCUT2D eigenvalue weighted by Crippen LogP contribution is -2.23. The van der Waals surface area contributed by atoms with Crippen LogP contribution in [0.25, 0.3) is 0 Å². The normalized spacial score (nSPS) is 16.2. The van der Waals surface area contributed by atoms with Gasteiger partial charge in [-0.25, -0.2) is 0 Å². The van der Waals surface area contributed by atoms with Crippen LogP contribution in [0.15, 0.2) is 29.3 Å². The number of allylic oxidation sites excluding steroid dienone is 3. The van der Waals surface area contributed by atoms with Gasteiger partial charge in [0, 0.05) is 5.71 Å². The molecule has 0 saturated heterocycles. The van der Waals surface area contributed by atoms with Gasteiger partial charge in [0.1, 0.15) is 0 Å². The number of hydrogen-bond donors (Lipinski definition) is 0. The van der Waals surface area contributed by atoms with E-state index in [-0.39, 0.29) is 6.17 Å². The smallest absolute Gasteiger partial charge is 0.0988 e. The Morgan fingerprint density at radius 2 is 1.92 bits per heavy atom. The van der Waals surface area contributed by atoms with Crippen molar-refractivity contribution in [3.63, 3.8) is 0 Å². The maximum Gasteiger partial charge on any atom is 0.0988 e. The van der Waals surface area contributed by atoms with E-state index in [1.54, 1.807) is 6.08 Å². The maximum absolute atomic E-state index is 4.52. The summed E-state index contributed by atoms with van der Waals surface area (Å²) in [5, 5.41) is 0. The summed E-state index contributed by atoms with van der Waals surface area (Å²) >= 11 is 0. The lowest BCUT2D eigenvalue weighted by molar-refractivity contribution is 0.324.